The second-order valence-corrected chi connectivity index (χ2v) is 15.5. The first-order valence-corrected chi connectivity index (χ1v) is 23.2. The third-order valence-electron chi connectivity index (χ3n) is 10.1. The molecule has 0 aliphatic rings. The predicted octanol–water partition coefficient (Wildman–Crippen LogP) is 15.0. The molecule has 0 saturated heterocycles. The molecule has 0 aromatic carbocycles. The Morgan fingerprint density at radius 1 is 0.444 bits per heavy atom. The average Bonchev–Trinajstić information content (AvgIpc) is 3.17. The zero-order chi connectivity index (χ0) is 39.3. The second-order valence-electron chi connectivity index (χ2n) is 15.5. The van der Waals surface area contributed by atoms with Crippen molar-refractivity contribution in [3.8, 4) is 0 Å². The lowest BCUT2D eigenvalue weighted by Gasteiger charge is -2.15. The molecule has 0 spiro atoms. The van der Waals surface area contributed by atoms with Crippen molar-refractivity contribution < 1.29 is 24.2 Å². The Bertz CT molecular complexity index is 904. The Morgan fingerprint density at radius 3 is 1.20 bits per heavy atom. The SMILES string of the molecule is CC/C=C\C/C=C\C/C=C\C/C=C\CCCCC(=O)OC(CO)COC(=O)CCCCCCCCCCCCCCCCCCCCCCCCCCC. The Balaban J connectivity index is 3.50. The van der Waals surface area contributed by atoms with Gasteiger partial charge in [0.2, 0.25) is 0 Å². The number of unbranched alkanes of at least 4 members (excludes halogenated alkanes) is 26. The highest BCUT2D eigenvalue weighted by Gasteiger charge is 2.16. The summed E-state index contributed by atoms with van der Waals surface area (Å²) in [5.74, 6) is -0.632. The quantitative estimate of drug-likeness (QED) is 0.0381. The number of rotatable bonds is 42. The predicted molar refractivity (Wildman–Crippen MR) is 233 cm³/mol. The Morgan fingerprint density at radius 2 is 0.796 bits per heavy atom. The van der Waals surface area contributed by atoms with Crippen molar-refractivity contribution in [2.24, 2.45) is 0 Å². The minimum absolute atomic E-state index is 0.0809. The van der Waals surface area contributed by atoms with Crippen molar-refractivity contribution in [3.05, 3.63) is 48.6 Å². The standard InChI is InChI=1S/C49H88O5/c1-3-5-7-9-11-13-15-17-19-20-21-22-23-24-25-26-27-28-30-31-33-35-37-39-41-43-48(51)53-46-47(45-50)54-49(52)44-42-40-38-36-34-32-29-18-16-14-12-10-8-6-4-2/h6,8,12,14,18,29,34,36,47,50H,3-5,7,9-11,13,15-17,19-28,30-33,35,37-46H2,1-2H3/b8-6-,14-12-,29-18-,36-34-. The van der Waals surface area contributed by atoms with E-state index in [9.17, 15) is 14.7 Å². The van der Waals surface area contributed by atoms with E-state index in [1.54, 1.807) is 0 Å². The molecule has 54 heavy (non-hydrogen) atoms. The summed E-state index contributed by atoms with van der Waals surface area (Å²) in [5.41, 5.74) is 0. The van der Waals surface area contributed by atoms with E-state index < -0.39 is 6.10 Å². The molecule has 0 rings (SSSR count). The fourth-order valence-electron chi connectivity index (χ4n) is 6.66. The van der Waals surface area contributed by atoms with Gasteiger partial charge in [-0.15, -0.1) is 0 Å². The number of ether oxygens (including phenoxy) is 2. The third-order valence-corrected chi connectivity index (χ3v) is 10.1. The largest absolute Gasteiger partial charge is 0.462 e. The third kappa shape index (κ3) is 42.6. The topological polar surface area (TPSA) is 72.8 Å². The molecule has 0 fully saturated rings. The van der Waals surface area contributed by atoms with Crippen LogP contribution in [0.5, 0.6) is 0 Å². The molecule has 314 valence electrons. The van der Waals surface area contributed by atoms with Gasteiger partial charge in [-0.1, -0.05) is 217 Å². The molecule has 1 atom stereocenters. The van der Waals surface area contributed by atoms with Crippen LogP contribution in [0.15, 0.2) is 48.6 Å². The highest BCUT2D eigenvalue weighted by molar-refractivity contribution is 5.70. The first-order chi connectivity index (χ1) is 26.6. The number of hydrogen-bond acceptors (Lipinski definition) is 5. The highest BCUT2D eigenvalue weighted by Crippen LogP contribution is 2.16. The van der Waals surface area contributed by atoms with Crippen molar-refractivity contribution >= 4 is 11.9 Å². The number of aliphatic hydroxyl groups excluding tert-OH is 1. The molecule has 5 heteroatoms. The van der Waals surface area contributed by atoms with Crippen LogP contribution in [0.25, 0.3) is 0 Å². The van der Waals surface area contributed by atoms with E-state index in [2.05, 4.69) is 62.5 Å². The molecule has 0 radical (unpaired) electrons. The van der Waals surface area contributed by atoms with Gasteiger partial charge in [-0.2, -0.15) is 0 Å². The highest BCUT2D eigenvalue weighted by atomic mass is 16.6. The number of carbonyl (C=O) groups is 2. The molecular weight excluding hydrogens is 669 g/mol. The molecule has 0 heterocycles. The van der Waals surface area contributed by atoms with Gasteiger partial charge in [0.15, 0.2) is 6.10 Å². The number of aliphatic hydroxyl groups is 1. The minimum atomic E-state index is -0.792. The normalized spacial score (nSPS) is 12.6. The van der Waals surface area contributed by atoms with E-state index in [-0.39, 0.29) is 25.2 Å². The molecule has 0 aliphatic heterocycles. The number of hydrogen-bond donors (Lipinski definition) is 1. The van der Waals surface area contributed by atoms with E-state index in [0.29, 0.717) is 12.8 Å². The monoisotopic (exact) mass is 757 g/mol. The van der Waals surface area contributed by atoms with Crippen LogP contribution in [-0.2, 0) is 19.1 Å². The first kappa shape index (κ1) is 51.9. The van der Waals surface area contributed by atoms with Gasteiger partial charge >= 0.3 is 11.9 Å². The summed E-state index contributed by atoms with van der Waals surface area (Å²) >= 11 is 0. The van der Waals surface area contributed by atoms with Crippen LogP contribution in [0.3, 0.4) is 0 Å². The second kappa shape index (κ2) is 45.3. The first-order valence-electron chi connectivity index (χ1n) is 23.2. The van der Waals surface area contributed by atoms with Crippen LogP contribution in [0.2, 0.25) is 0 Å². The molecule has 0 aromatic heterocycles. The lowest BCUT2D eigenvalue weighted by atomic mass is 10.0. The van der Waals surface area contributed by atoms with Crippen LogP contribution in [0.1, 0.15) is 232 Å². The van der Waals surface area contributed by atoms with Crippen molar-refractivity contribution in [3.63, 3.8) is 0 Å². The van der Waals surface area contributed by atoms with Crippen molar-refractivity contribution in [1.29, 1.82) is 0 Å². The van der Waals surface area contributed by atoms with Gasteiger partial charge in [0.05, 0.1) is 6.61 Å². The summed E-state index contributed by atoms with van der Waals surface area (Å²) in [6.45, 7) is 4.01. The van der Waals surface area contributed by atoms with E-state index >= 15 is 0 Å². The van der Waals surface area contributed by atoms with Gasteiger partial charge in [-0.05, 0) is 51.4 Å². The molecule has 1 unspecified atom stereocenters. The van der Waals surface area contributed by atoms with E-state index in [1.807, 2.05) is 0 Å². The zero-order valence-electron chi connectivity index (χ0n) is 35.7. The molecule has 1 N–H and O–H groups in total. The van der Waals surface area contributed by atoms with Gasteiger partial charge in [-0.3, -0.25) is 9.59 Å². The number of esters is 2. The molecule has 5 nitrogen and oxygen atoms in total. The van der Waals surface area contributed by atoms with E-state index in [4.69, 9.17) is 9.47 Å². The summed E-state index contributed by atoms with van der Waals surface area (Å²) in [6, 6.07) is 0. The molecule has 0 aliphatic carbocycles. The summed E-state index contributed by atoms with van der Waals surface area (Å²) in [4.78, 5) is 24.3. The number of carbonyl (C=O) groups excluding carboxylic acids is 2. The van der Waals surface area contributed by atoms with Crippen molar-refractivity contribution in [2.45, 2.75) is 238 Å². The fraction of sp³-hybridized carbons (Fsp3) is 0.796. The Labute approximate surface area is 335 Å². The van der Waals surface area contributed by atoms with Crippen LogP contribution in [0, 0.1) is 0 Å². The lowest BCUT2D eigenvalue weighted by molar-refractivity contribution is -0.161. The summed E-state index contributed by atoms with van der Waals surface area (Å²) in [7, 11) is 0. The van der Waals surface area contributed by atoms with Crippen LogP contribution < -0.4 is 0 Å². The minimum Gasteiger partial charge on any atom is -0.462 e. The van der Waals surface area contributed by atoms with Crippen LogP contribution in [-0.4, -0.2) is 36.4 Å². The maximum atomic E-state index is 12.2. The summed E-state index contributed by atoms with van der Waals surface area (Å²) in [5, 5.41) is 9.58. The number of allylic oxidation sites excluding steroid dienone is 8. The molecule has 0 aromatic rings. The van der Waals surface area contributed by atoms with E-state index in [0.717, 1.165) is 64.2 Å². The molecular formula is C49H88O5. The Kier molecular flexibility index (Phi) is 43.5. The van der Waals surface area contributed by atoms with Gasteiger partial charge in [0.25, 0.3) is 0 Å². The van der Waals surface area contributed by atoms with Gasteiger partial charge in [0.1, 0.15) is 6.61 Å². The maximum absolute atomic E-state index is 12.2. The van der Waals surface area contributed by atoms with Crippen molar-refractivity contribution in [1.82, 2.24) is 0 Å². The molecule has 0 amide bonds. The van der Waals surface area contributed by atoms with Crippen LogP contribution >= 0.6 is 0 Å². The maximum Gasteiger partial charge on any atom is 0.306 e. The lowest BCUT2D eigenvalue weighted by Crippen LogP contribution is -2.28. The summed E-state index contributed by atoms with van der Waals surface area (Å²) in [6.07, 6.45) is 57.8. The van der Waals surface area contributed by atoms with Gasteiger partial charge < -0.3 is 14.6 Å². The summed E-state index contributed by atoms with van der Waals surface area (Å²) < 4.78 is 10.6. The smallest absolute Gasteiger partial charge is 0.306 e. The van der Waals surface area contributed by atoms with Crippen LogP contribution in [0.4, 0.5) is 0 Å². The average molecular weight is 757 g/mol. The zero-order valence-corrected chi connectivity index (χ0v) is 35.7. The fourth-order valence-corrected chi connectivity index (χ4v) is 6.66. The van der Waals surface area contributed by atoms with Gasteiger partial charge in [-0.25, -0.2) is 0 Å². The molecule has 0 saturated carbocycles. The van der Waals surface area contributed by atoms with E-state index in [1.165, 1.54) is 141 Å². The van der Waals surface area contributed by atoms with Crippen molar-refractivity contribution in [2.75, 3.05) is 13.2 Å². The Hall–Kier alpha value is -2.14. The van der Waals surface area contributed by atoms with Gasteiger partial charge in [0, 0.05) is 12.8 Å². The molecule has 0 bridgehead atoms.